The zero-order valence-corrected chi connectivity index (χ0v) is 20.4. The minimum Gasteiger partial charge on any atom is -0.493 e. The molecule has 3 rings (SSSR count). The van der Waals surface area contributed by atoms with E-state index >= 15 is 0 Å². The molecule has 0 aliphatic heterocycles. The van der Waals surface area contributed by atoms with Crippen LogP contribution in [0.25, 0.3) is 0 Å². The molecule has 0 fully saturated rings. The normalized spacial score (nSPS) is 10.4. The minimum atomic E-state index is 0. The van der Waals surface area contributed by atoms with Gasteiger partial charge in [0.15, 0.2) is 11.5 Å². The average molecular weight is 532 g/mol. The first-order valence-corrected chi connectivity index (χ1v) is 10.8. The number of halogens is 4. The van der Waals surface area contributed by atoms with Crippen molar-refractivity contribution in [2.75, 3.05) is 13.7 Å². The molecule has 7 heteroatoms. The van der Waals surface area contributed by atoms with E-state index in [2.05, 4.69) is 33.4 Å². The number of rotatable bonds is 9. The number of hydrogen-bond donors (Lipinski definition) is 1. The molecular formula is C23H23BrCl3NO2. The molecule has 0 spiro atoms. The minimum absolute atomic E-state index is 0. The van der Waals surface area contributed by atoms with Gasteiger partial charge in [0.25, 0.3) is 0 Å². The van der Waals surface area contributed by atoms with Crippen LogP contribution in [0.3, 0.4) is 0 Å². The maximum absolute atomic E-state index is 6.21. The van der Waals surface area contributed by atoms with Gasteiger partial charge >= 0.3 is 0 Å². The molecular weight excluding hydrogens is 509 g/mol. The largest absolute Gasteiger partial charge is 0.493 e. The zero-order chi connectivity index (χ0) is 20.6. The molecule has 0 aliphatic rings. The zero-order valence-electron chi connectivity index (χ0n) is 16.5. The van der Waals surface area contributed by atoms with Gasteiger partial charge in [0.1, 0.15) is 6.61 Å². The van der Waals surface area contributed by atoms with Crippen LogP contribution in [0.5, 0.6) is 11.5 Å². The van der Waals surface area contributed by atoms with Crippen molar-refractivity contribution in [3.05, 3.63) is 91.9 Å². The van der Waals surface area contributed by atoms with Crippen LogP contribution in [0.4, 0.5) is 0 Å². The van der Waals surface area contributed by atoms with Crippen molar-refractivity contribution in [2.24, 2.45) is 0 Å². The summed E-state index contributed by atoms with van der Waals surface area (Å²) in [6.45, 7) is 1.97. The van der Waals surface area contributed by atoms with Crippen molar-refractivity contribution in [3.63, 3.8) is 0 Å². The van der Waals surface area contributed by atoms with Gasteiger partial charge in [0.2, 0.25) is 0 Å². The van der Waals surface area contributed by atoms with Crippen LogP contribution in [-0.4, -0.2) is 13.7 Å². The summed E-state index contributed by atoms with van der Waals surface area (Å²) in [7, 11) is 1.64. The SMILES string of the molecule is COc1cc(CNCCc2ccc(Cl)cc2)cc(Br)c1OCc1ccccc1Cl.Cl. The third-order valence-corrected chi connectivity index (χ3v) is 5.66. The lowest BCUT2D eigenvalue weighted by Crippen LogP contribution is -2.16. The first-order valence-electron chi connectivity index (χ1n) is 9.24. The fourth-order valence-corrected chi connectivity index (χ4v) is 3.82. The Hall–Kier alpha value is -1.43. The summed E-state index contributed by atoms with van der Waals surface area (Å²) in [5.41, 5.74) is 3.29. The van der Waals surface area contributed by atoms with Gasteiger partial charge in [0, 0.05) is 22.2 Å². The molecule has 0 heterocycles. The molecule has 0 saturated heterocycles. The van der Waals surface area contributed by atoms with Crippen LogP contribution in [-0.2, 0) is 19.6 Å². The average Bonchev–Trinajstić information content (AvgIpc) is 2.72. The van der Waals surface area contributed by atoms with Gasteiger partial charge in [-0.3, -0.25) is 0 Å². The highest BCUT2D eigenvalue weighted by atomic mass is 79.9. The lowest BCUT2D eigenvalue weighted by molar-refractivity contribution is 0.282. The summed E-state index contributed by atoms with van der Waals surface area (Å²) in [6.07, 6.45) is 0.939. The van der Waals surface area contributed by atoms with Crippen molar-refractivity contribution in [1.82, 2.24) is 5.32 Å². The molecule has 0 bridgehead atoms. The van der Waals surface area contributed by atoms with E-state index < -0.39 is 0 Å². The van der Waals surface area contributed by atoms with Gasteiger partial charge in [-0.05, 0) is 70.4 Å². The predicted octanol–water partition coefficient (Wildman–Crippen LogP) is 7.10. The van der Waals surface area contributed by atoms with E-state index in [1.54, 1.807) is 7.11 Å². The molecule has 3 aromatic carbocycles. The van der Waals surface area contributed by atoms with Crippen LogP contribution in [0.2, 0.25) is 10.0 Å². The van der Waals surface area contributed by atoms with E-state index in [4.69, 9.17) is 32.7 Å². The van der Waals surface area contributed by atoms with E-state index in [9.17, 15) is 0 Å². The highest BCUT2D eigenvalue weighted by Gasteiger charge is 2.13. The molecule has 0 radical (unpaired) electrons. The summed E-state index contributed by atoms with van der Waals surface area (Å²) < 4.78 is 12.4. The second-order valence-corrected chi connectivity index (χ2v) is 8.24. The smallest absolute Gasteiger partial charge is 0.175 e. The molecule has 0 unspecified atom stereocenters. The molecule has 160 valence electrons. The number of hydrogen-bond acceptors (Lipinski definition) is 3. The van der Waals surface area contributed by atoms with E-state index in [0.717, 1.165) is 40.1 Å². The fourth-order valence-electron chi connectivity index (χ4n) is 2.90. The molecule has 3 aromatic rings. The Morgan fingerprint density at radius 1 is 0.967 bits per heavy atom. The van der Waals surface area contributed by atoms with Crippen molar-refractivity contribution in [1.29, 1.82) is 0 Å². The lowest BCUT2D eigenvalue weighted by Gasteiger charge is -2.15. The first-order chi connectivity index (χ1) is 14.1. The van der Waals surface area contributed by atoms with Gasteiger partial charge in [-0.15, -0.1) is 12.4 Å². The Kier molecular flexibility index (Phi) is 10.3. The Bertz CT molecular complexity index is 952. The van der Waals surface area contributed by atoms with Crippen molar-refractivity contribution in [2.45, 2.75) is 19.6 Å². The van der Waals surface area contributed by atoms with Gasteiger partial charge < -0.3 is 14.8 Å². The topological polar surface area (TPSA) is 30.5 Å². The van der Waals surface area contributed by atoms with Crippen molar-refractivity contribution >= 4 is 51.5 Å². The highest BCUT2D eigenvalue weighted by Crippen LogP contribution is 2.37. The van der Waals surface area contributed by atoms with Gasteiger partial charge in [-0.25, -0.2) is 0 Å². The van der Waals surface area contributed by atoms with Gasteiger partial charge in [-0.2, -0.15) is 0 Å². The molecule has 0 amide bonds. The van der Waals surface area contributed by atoms with E-state index in [0.29, 0.717) is 23.1 Å². The highest BCUT2D eigenvalue weighted by molar-refractivity contribution is 9.10. The Labute approximate surface area is 202 Å². The Balaban J connectivity index is 0.00000320. The molecule has 0 atom stereocenters. The second-order valence-electron chi connectivity index (χ2n) is 6.54. The molecule has 30 heavy (non-hydrogen) atoms. The van der Waals surface area contributed by atoms with Crippen LogP contribution in [0, 0.1) is 0 Å². The summed E-state index contributed by atoms with van der Waals surface area (Å²) in [5.74, 6) is 1.35. The van der Waals surface area contributed by atoms with Crippen LogP contribution in [0.15, 0.2) is 65.1 Å². The number of ether oxygens (including phenoxy) is 2. The predicted molar refractivity (Wildman–Crippen MR) is 131 cm³/mol. The second kappa shape index (κ2) is 12.4. The number of methoxy groups -OCH3 is 1. The maximum atomic E-state index is 6.21. The van der Waals surface area contributed by atoms with E-state index in [1.165, 1.54) is 5.56 Å². The van der Waals surface area contributed by atoms with E-state index in [-0.39, 0.29) is 12.4 Å². The first kappa shape index (κ1) is 24.8. The third-order valence-electron chi connectivity index (χ3n) is 4.45. The maximum Gasteiger partial charge on any atom is 0.175 e. The number of nitrogens with one attached hydrogen (secondary N) is 1. The molecule has 3 nitrogen and oxygen atoms in total. The monoisotopic (exact) mass is 529 g/mol. The van der Waals surface area contributed by atoms with Crippen LogP contribution in [0.1, 0.15) is 16.7 Å². The fraction of sp³-hybridized carbons (Fsp3) is 0.217. The quantitative estimate of drug-likeness (QED) is 0.299. The van der Waals surface area contributed by atoms with Crippen molar-refractivity contribution in [3.8, 4) is 11.5 Å². The van der Waals surface area contributed by atoms with Crippen LogP contribution >= 0.6 is 51.5 Å². The summed E-state index contributed by atoms with van der Waals surface area (Å²) >= 11 is 15.7. The Morgan fingerprint density at radius 2 is 1.70 bits per heavy atom. The molecule has 0 aromatic heterocycles. The molecule has 0 saturated carbocycles. The van der Waals surface area contributed by atoms with Crippen molar-refractivity contribution < 1.29 is 9.47 Å². The lowest BCUT2D eigenvalue weighted by atomic mass is 10.1. The molecule has 0 aliphatic carbocycles. The van der Waals surface area contributed by atoms with Gasteiger partial charge in [0.05, 0.1) is 11.6 Å². The summed E-state index contributed by atoms with van der Waals surface area (Å²) in [4.78, 5) is 0. The van der Waals surface area contributed by atoms with E-state index in [1.807, 2.05) is 48.5 Å². The number of benzene rings is 3. The summed E-state index contributed by atoms with van der Waals surface area (Å²) in [6, 6.07) is 19.6. The summed E-state index contributed by atoms with van der Waals surface area (Å²) in [5, 5.41) is 4.90. The third kappa shape index (κ3) is 7.07. The Morgan fingerprint density at radius 3 is 2.40 bits per heavy atom. The van der Waals surface area contributed by atoms with Crippen LogP contribution < -0.4 is 14.8 Å². The van der Waals surface area contributed by atoms with Gasteiger partial charge in [-0.1, -0.05) is 53.5 Å². The standard InChI is InChI=1S/C23H22BrCl2NO2.ClH/c1-28-22-13-17(14-27-11-10-16-6-8-19(25)9-7-16)12-20(24)23(22)29-15-18-4-2-3-5-21(18)26;/h2-9,12-13,27H,10-11,14-15H2,1H3;1H. The molecule has 1 N–H and O–H groups in total.